The zero-order valence-corrected chi connectivity index (χ0v) is 15.6. The summed E-state index contributed by atoms with van der Waals surface area (Å²) >= 11 is 6.18. The Hall–Kier alpha value is -3.26. The van der Waals surface area contributed by atoms with Gasteiger partial charge in [0.25, 0.3) is 11.8 Å². The molecule has 3 N–H and O–H groups in total. The van der Waals surface area contributed by atoms with Crippen LogP contribution in [0.5, 0.6) is 11.5 Å². The maximum absolute atomic E-state index is 12.7. The van der Waals surface area contributed by atoms with Crippen molar-refractivity contribution in [2.75, 3.05) is 18.5 Å². The molecule has 8 nitrogen and oxygen atoms in total. The minimum absolute atomic E-state index is 0.286. The van der Waals surface area contributed by atoms with Crippen LogP contribution in [-0.4, -0.2) is 31.1 Å². The zero-order valence-electron chi connectivity index (χ0n) is 14.8. The average Bonchev–Trinajstić information content (AvgIpc) is 2.94. The first kappa shape index (κ1) is 18.1. The molecule has 0 aliphatic carbocycles. The lowest BCUT2D eigenvalue weighted by Gasteiger charge is -2.22. The van der Waals surface area contributed by atoms with E-state index in [1.807, 2.05) is 0 Å². The van der Waals surface area contributed by atoms with Crippen molar-refractivity contribution in [3.8, 4) is 11.5 Å². The van der Waals surface area contributed by atoms with Crippen LogP contribution in [0.1, 0.15) is 22.8 Å². The summed E-state index contributed by atoms with van der Waals surface area (Å²) in [5.41, 5.74) is 0.0910. The number of halogens is 1. The molecule has 0 aromatic heterocycles. The molecule has 1 unspecified atom stereocenters. The van der Waals surface area contributed by atoms with Gasteiger partial charge in [-0.05, 0) is 36.8 Å². The van der Waals surface area contributed by atoms with Crippen LogP contribution >= 0.6 is 11.6 Å². The molecule has 4 rings (SSSR count). The van der Waals surface area contributed by atoms with Crippen molar-refractivity contribution in [2.45, 2.75) is 12.5 Å². The van der Waals surface area contributed by atoms with E-state index in [2.05, 4.69) is 16.0 Å². The number of carbonyl (C=O) groups is 3. The number of ether oxygens (including phenoxy) is 2. The molecule has 2 heterocycles. The molecule has 0 radical (unpaired) electrons. The lowest BCUT2D eigenvalue weighted by Crippen LogP contribution is -2.40. The Labute approximate surface area is 165 Å². The quantitative estimate of drug-likeness (QED) is 0.685. The highest BCUT2D eigenvalue weighted by Crippen LogP contribution is 2.38. The molecule has 2 aliphatic heterocycles. The number of nitrogens with one attached hydrogen (secondary N) is 3. The number of imide groups is 1. The number of carbonyl (C=O) groups excluding carboxylic acids is 3. The monoisotopic (exact) mass is 401 g/mol. The molecule has 2 aromatic rings. The minimum atomic E-state index is -1.21. The molecule has 1 atom stereocenters. The van der Waals surface area contributed by atoms with Crippen LogP contribution in [0.4, 0.5) is 10.5 Å². The number of hydrogen-bond acceptors (Lipinski definition) is 5. The number of anilines is 1. The van der Waals surface area contributed by atoms with Crippen LogP contribution in [0, 0.1) is 0 Å². The van der Waals surface area contributed by atoms with Crippen LogP contribution in [0.15, 0.2) is 36.4 Å². The topological polar surface area (TPSA) is 106 Å². The number of fused-ring (bicyclic) bond motifs is 1. The molecule has 2 aliphatic rings. The molecule has 1 saturated heterocycles. The van der Waals surface area contributed by atoms with Crippen molar-refractivity contribution in [2.24, 2.45) is 0 Å². The van der Waals surface area contributed by atoms with Crippen LogP contribution < -0.4 is 25.4 Å². The van der Waals surface area contributed by atoms with Crippen LogP contribution in [0.3, 0.4) is 0 Å². The van der Waals surface area contributed by atoms with Gasteiger partial charge >= 0.3 is 6.03 Å². The summed E-state index contributed by atoms with van der Waals surface area (Å²) in [6.45, 7) is 2.37. The minimum Gasteiger partial charge on any atom is -0.486 e. The lowest BCUT2D eigenvalue weighted by atomic mass is 9.92. The highest BCUT2D eigenvalue weighted by atomic mass is 35.5. The molecule has 28 heavy (non-hydrogen) atoms. The maximum atomic E-state index is 12.7. The Bertz CT molecular complexity index is 1010. The Balaban J connectivity index is 1.58. The van der Waals surface area contributed by atoms with Gasteiger partial charge in [-0.3, -0.25) is 14.9 Å². The summed E-state index contributed by atoms with van der Waals surface area (Å²) in [5.74, 6) is -0.0291. The predicted octanol–water partition coefficient (Wildman–Crippen LogP) is 2.42. The van der Waals surface area contributed by atoms with E-state index in [-0.39, 0.29) is 5.02 Å². The van der Waals surface area contributed by atoms with Crippen molar-refractivity contribution >= 4 is 35.1 Å². The highest BCUT2D eigenvalue weighted by molar-refractivity contribution is 6.32. The molecular weight excluding hydrogens is 386 g/mol. The van der Waals surface area contributed by atoms with Gasteiger partial charge in [-0.2, -0.15) is 0 Å². The Morgan fingerprint density at radius 2 is 1.96 bits per heavy atom. The summed E-state index contributed by atoms with van der Waals surface area (Å²) in [5, 5.41) is 7.85. The molecule has 0 bridgehead atoms. The molecule has 4 amide bonds. The number of benzene rings is 2. The van der Waals surface area contributed by atoms with E-state index >= 15 is 0 Å². The molecular formula is C19H16ClN3O5. The molecule has 1 fully saturated rings. The highest BCUT2D eigenvalue weighted by Gasteiger charge is 2.43. The van der Waals surface area contributed by atoms with E-state index in [0.29, 0.717) is 41.5 Å². The van der Waals surface area contributed by atoms with Crippen molar-refractivity contribution in [1.29, 1.82) is 0 Å². The average molecular weight is 402 g/mol. The Morgan fingerprint density at radius 1 is 1.18 bits per heavy atom. The van der Waals surface area contributed by atoms with E-state index < -0.39 is 23.4 Å². The standard InChI is InChI=1S/C19H16ClN3O5/c1-19(17(25)22-18(26)23-19)11-3-2-4-12(9-11)21-16(24)10-7-13(20)15-14(8-10)27-5-6-28-15/h2-4,7-9H,5-6H2,1H3,(H,21,24)(H2,22,23,25,26). The normalized spacial score (nSPS) is 20.4. The van der Waals surface area contributed by atoms with E-state index in [0.717, 1.165) is 0 Å². The molecule has 0 spiro atoms. The summed E-state index contributed by atoms with van der Waals surface area (Å²) < 4.78 is 10.9. The third kappa shape index (κ3) is 3.11. The van der Waals surface area contributed by atoms with Gasteiger partial charge in [0.2, 0.25) is 0 Å². The number of amides is 4. The number of rotatable bonds is 3. The van der Waals surface area contributed by atoms with Crippen molar-refractivity contribution in [3.63, 3.8) is 0 Å². The van der Waals surface area contributed by atoms with Crippen LogP contribution in [0.25, 0.3) is 0 Å². The first-order chi connectivity index (χ1) is 13.4. The van der Waals surface area contributed by atoms with Gasteiger partial charge in [0.15, 0.2) is 11.5 Å². The first-order valence-electron chi connectivity index (χ1n) is 8.51. The van der Waals surface area contributed by atoms with E-state index in [1.165, 1.54) is 6.07 Å². The van der Waals surface area contributed by atoms with Gasteiger partial charge in [0.1, 0.15) is 18.8 Å². The van der Waals surface area contributed by atoms with Gasteiger partial charge in [-0.25, -0.2) is 4.79 Å². The van der Waals surface area contributed by atoms with Gasteiger partial charge in [0, 0.05) is 11.3 Å². The van der Waals surface area contributed by atoms with Gasteiger partial charge in [-0.15, -0.1) is 0 Å². The van der Waals surface area contributed by atoms with Gasteiger partial charge in [0.05, 0.1) is 5.02 Å². The molecule has 144 valence electrons. The first-order valence-corrected chi connectivity index (χ1v) is 8.89. The summed E-state index contributed by atoms with van der Waals surface area (Å²) in [7, 11) is 0. The van der Waals surface area contributed by atoms with Gasteiger partial charge in [-0.1, -0.05) is 23.7 Å². The largest absolute Gasteiger partial charge is 0.486 e. The fraction of sp³-hybridized carbons (Fsp3) is 0.211. The molecule has 9 heteroatoms. The number of hydrogen-bond donors (Lipinski definition) is 3. The fourth-order valence-corrected chi connectivity index (χ4v) is 3.36. The van der Waals surface area contributed by atoms with Crippen molar-refractivity contribution < 1.29 is 23.9 Å². The second kappa shape index (κ2) is 6.72. The Morgan fingerprint density at radius 3 is 2.71 bits per heavy atom. The SMILES string of the molecule is CC1(c2cccc(NC(=O)c3cc(Cl)c4c(c3)OCCO4)c2)NC(=O)NC1=O. The van der Waals surface area contributed by atoms with Crippen LogP contribution in [0.2, 0.25) is 5.02 Å². The summed E-state index contributed by atoms with van der Waals surface area (Å²) in [6, 6.07) is 9.19. The third-order valence-electron chi connectivity index (χ3n) is 4.60. The Kier molecular flexibility index (Phi) is 4.35. The second-order valence-corrected chi connectivity index (χ2v) is 6.96. The predicted molar refractivity (Wildman–Crippen MR) is 101 cm³/mol. The van der Waals surface area contributed by atoms with Crippen molar-refractivity contribution in [1.82, 2.24) is 10.6 Å². The lowest BCUT2D eigenvalue weighted by molar-refractivity contribution is -0.123. The fourth-order valence-electron chi connectivity index (χ4n) is 3.10. The number of urea groups is 1. The van der Waals surface area contributed by atoms with Crippen molar-refractivity contribution in [3.05, 3.63) is 52.5 Å². The van der Waals surface area contributed by atoms with Gasteiger partial charge < -0.3 is 20.1 Å². The van der Waals surface area contributed by atoms with E-state index in [9.17, 15) is 14.4 Å². The molecule has 2 aromatic carbocycles. The second-order valence-electron chi connectivity index (χ2n) is 6.55. The third-order valence-corrected chi connectivity index (χ3v) is 4.88. The maximum Gasteiger partial charge on any atom is 0.322 e. The molecule has 0 saturated carbocycles. The van der Waals surface area contributed by atoms with E-state index in [1.54, 1.807) is 37.3 Å². The summed E-state index contributed by atoms with van der Waals surface area (Å²) in [6.07, 6.45) is 0. The van der Waals surface area contributed by atoms with Crippen LogP contribution in [-0.2, 0) is 10.3 Å². The van der Waals surface area contributed by atoms with E-state index in [4.69, 9.17) is 21.1 Å². The summed E-state index contributed by atoms with van der Waals surface area (Å²) in [4.78, 5) is 36.3. The zero-order chi connectivity index (χ0) is 19.9. The smallest absolute Gasteiger partial charge is 0.322 e.